The van der Waals surface area contributed by atoms with Gasteiger partial charge in [0.15, 0.2) is 5.16 Å². The first-order chi connectivity index (χ1) is 10.5. The molecule has 0 unspecified atom stereocenters. The van der Waals surface area contributed by atoms with Crippen LogP contribution in [0.2, 0.25) is 0 Å². The van der Waals surface area contributed by atoms with Gasteiger partial charge in [0.05, 0.1) is 21.1 Å². The summed E-state index contributed by atoms with van der Waals surface area (Å²) in [7, 11) is 0. The van der Waals surface area contributed by atoms with Crippen molar-refractivity contribution < 1.29 is 4.39 Å². The fourth-order valence-corrected chi connectivity index (χ4v) is 3.33. The molecule has 3 rings (SSSR count). The molecule has 0 fully saturated rings. The fraction of sp³-hybridized carbons (Fsp3) is 0.267. The molecule has 0 aromatic carbocycles. The fourth-order valence-electron chi connectivity index (χ4n) is 2.49. The highest BCUT2D eigenvalue weighted by Crippen LogP contribution is 2.30. The molecule has 22 heavy (non-hydrogen) atoms. The van der Waals surface area contributed by atoms with Gasteiger partial charge < -0.3 is 0 Å². The Morgan fingerprint density at radius 3 is 2.91 bits per heavy atom. The minimum absolute atomic E-state index is 0.314. The molecule has 2 heterocycles. The number of thioether (sulfide) groups is 1. The summed E-state index contributed by atoms with van der Waals surface area (Å²) in [6.45, 7) is 1.85. The summed E-state index contributed by atoms with van der Waals surface area (Å²) >= 11 is 4.83. The largest absolute Gasteiger partial charge is 0.280 e. The summed E-state index contributed by atoms with van der Waals surface area (Å²) in [6, 6.07) is 0. The van der Waals surface area contributed by atoms with Crippen molar-refractivity contribution in [1.82, 2.24) is 14.5 Å². The normalized spacial score (nSPS) is 15.4. The third-order valence-corrected chi connectivity index (χ3v) is 4.72. The third-order valence-electron chi connectivity index (χ3n) is 3.58. The smallest absolute Gasteiger partial charge is 0.266 e. The zero-order valence-corrected chi connectivity index (χ0v) is 14.5. The number of aromatic nitrogens is 3. The average molecular weight is 382 g/mol. The van der Waals surface area contributed by atoms with Gasteiger partial charge in [0.1, 0.15) is 5.83 Å². The van der Waals surface area contributed by atoms with Gasteiger partial charge in [-0.3, -0.25) is 9.36 Å². The quantitative estimate of drug-likeness (QED) is 0.578. The van der Waals surface area contributed by atoms with Gasteiger partial charge in [0.25, 0.3) is 5.56 Å². The Morgan fingerprint density at radius 1 is 1.45 bits per heavy atom. The molecule has 0 amide bonds. The van der Waals surface area contributed by atoms with Crippen LogP contribution in [-0.4, -0.2) is 20.8 Å². The minimum atomic E-state index is -0.362. The van der Waals surface area contributed by atoms with Crippen molar-refractivity contribution in [2.45, 2.75) is 24.9 Å². The molecule has 0 bridgehead atoms. The standard InChI is InChI=1S/C15H13BrFN3OS/c1-8-4-3-5-11(17)13(8)20-7-10(16)12-9(14(20)21)6-18-15(19-12)22-2/h5-7H,3-4H2,1-2H3. The number of nitrogens with zero attached hydrogens (tertiary/aromatic N) is 3. The lowest BCUT2D eigenvalue weighted by molar-refractivity contribution is 0.640. The number of pyridine rings is 1. The molecule has 2 aromatic heterocycles. The van der Waals surface area contributed by atoms with Gasteiger partial charge in [0, 0.05) is 12.4 Å². The maximum Gasteiger partial charge on any atom is 0.266 e. The number of hydrogen-bond acceptors (Lipinski definition) is 4. The Bertz CT molecular complexity index is 888. The van der Waals surface area contributed by atoms with Crippen molar-refractivity contribution in [3.63, 3.8) is 0 Å². The minimum Gasteiger partial charge on any atom is -0.280 e. The molecule has 0 saturated carbocycles. The van der Waals surface area contributed by atoms with Crippen LogP contribution in [0, 0.1) is 0 Å². The van der Waals surface area contributed by atoms with E-state index in [1.807, 2.05) is 13.2 Å². The van der Waals surface area contributed by atoms with Gasteiger partial charge in [0.2, 0.25) is 0 Å². The topological polar surface area (TPSA) is 47.8 Å². The number of rotatable bonds is 2. The van der Waals surface area contributed by atoms with E-state index in [1.54, 1.807) is 6.20 Å². The van der Waals surface area contributed by atoms with Crippen molar-refractivity contribution in [2.75, 3.05) is 6.26 Å². The van der Waals surface area contributed by atoms with E-state index >= 15 is 0 Å². The van der Waals surface area contributed by atoms with Crippen molar-refractivity contribution in [3.05, 3.63) is 44.7 Å². The van der Waals surface area contributed by atoms with Crippen molar-refractivity contribution in [3.8, 4) is 0 Å². The van der Waals surface area contributed by atoms with Crippen LogP contribution in [0.25, 0.3) is 16.6 Å². The van der Waals surface area contributed by atoms with Gasteiger partial charge >= 0.3 is 0 Å². The molecule has 1 aliphatic carbocycles. The van der Waals surface area contributed by atoms with Gasteiger partial charge in [-0.1, -0.05) is 11.8 Å². The number of fused-ring (bicyclic) bond motifs is 1. The van der Waals surface area contributed by atoms with Gasteiger partial charge in [-0.25, -0.2) is 14.4 Å². The number of halogens is 2. The predicted molar refractivity (Wildman–Crippen MR) is 90.6 cm³/mol. The number of hydrogen-bond donors (Lipinski definition) is 0. The highest BCUT2D eigenvalue weighted by Gasteiger charge is 2.19. The molecule has 0 atom stereocenters. The molecule has 0 N–H and O–H groups in total. The average Bonchev–Trinajstić information content (AvgIpc) is 2.51. The molecule has 0 radical (unpaired) electrons. The van der Waals surface area contributed by atoms with E-state index in [9.17, 15) is 9.18 Å². The van der Waals surface area contributed by atoms with Crippen molar-refractivity contribution >= 4 is 44.3 Å². The molecule has 1 aliphatic rings. The third kappa shape index (κ3) is 2.52. The summed E-state index contributed by atoms with van der Waals surface area (Å²) in [5.74, 6) is -0.362. The van der Waals surface area contributed by atoms with Crippen LogP contribution in [-0.2, 0) is 0 Å². The van der Waals surface area contributed by atoms with E-state index in [1.165, 1.54) is 28.6 Å². The Morgan fingerprint density at radius 2 is 2.23 bits per heavy atom. The van der Waals surface area contributed by atoms with Gasteiger partial charge in [-0.15, -0.1) is 0 Å². The van der Waals surface area contributed by atoms with E-state index in [2.05, 4.69) is 25.9 Å². The summed E-state index contributed by atoms with van der Waals surface area (Å²) in [6.07, 6.45) is 7.86. The molecule has 114 valence electrons. The first-order valence-corrected chi connectivity index (χ1v) is 8.72. The zero-order chi connectivity index (χ0) is 15.9. The lowest BCUT2D eigenvalue weighted by Gasteiger charge is -2.17. The SMILES string of the molecule is CSc1ncc2c(=O)n(C3=C(C)CCC=C3F)cc(Br)c2n1. The first kappa shape index (κ1) is 15.4. The summed E-state index contributed by atoms with van der Waals surface area (Å²) < 4.78 is 16.2. The van der Waals surface area contributed by atoms with Crippen LogP contribution in [0.15, 0.2) is 44.3 Å². The second-order valence-electron chi connectivity index (χ2n) is 4.99. The van der Waals surface area contributed by atoms with Crippen LogP contribution >= 0.6 is 27.7 Å². The Kier molecular flexibility index (Phi) is 4.18. The lowest BCUT2D eigenvalue weighted by atomic mass is 10.0. The van der Waals surface area contributed by atoms with Crippen LogP contribution in [0.1, 0.15) is 19.8 Å². The Hall–Kier alpha value is -1.47. The van der Waals surface area contributed by atoms with E-state index in [-0.39, 0.29) is 11.4 Å². The van der Waals surface area contributed by atoms with E-state index in [0.717, 1.165) is 12.0 Å². The Balaban J connectivity index is 2.32. The molecule has 0 saturated heterocycles. The molecule has 4 nitrogen and oxygen atoms in total. The molecule has 7 heteroatoms. The number of allylic oxidation sites excluding steroid dienone is 4. The maximum atomic E-state index is 14.2. The van der Waals surface area contributed by atoms with Crippen LogP contribution in [0.5, 0.6) is 0 Å². The Labute approximate surface area is 139 Å². The first-order valence-electron chi connectivity index (χ1n) is 6.71. The van der Waals surface area contributed by atoms with Crippen LogP contribution in [0.3, 0.4) is 0 Å². The molecule has 0 aliphatic heterocycles. The van der Waals surface area contributed by atoms with E-state index in [0.29, 0.717) is 32.6 Å². The van der Waals surface area contributed by atoms with Gasteiger partial charge in [-0.05, 0) is 53.6 Å². The highest BCUT2D eigenvalue weighted by atomic mass is 79.9. The maximum absolute atomic E-state index is 14.2. The summed E-state index contributed by atoms with van der Waals surface area (Å²) in [5.41, 5.74) is 1.41. The summed E-state index contributed by atoms with van der Waals surface area (Å²) in [5, 5.41) is 0.954. The van der Waals surface area contributed by atoms with Gasteiger partial charge in [-0.2, -0.15) is 0 Å². The molecular formula is C15H13BrFN3OS. The molecular weight excluding hydrogens is 369 g/mol. The molecule has 2 aromatic rings. The van der Waals surface area contributed by atoms with E-state index < -0.39 is 0 Å². The van der Waals surface area contributed by atoms with Crippen LogP contribution < -0.4 is 5.56 Å². The lowest BCUT2D eigenvalue weighted by Crippen LogP contribution is -2.22. The molecule has 0 spiro atoms. The summed E-state index contributed by atoms with van der Waals surface area (Å²) in [4.78, 5) is 21.2. The van der Waals surface area contributed by atoms with Crippen molar-refractivity contribution in [2.24, 2.45) is 0 Å². The van der Waals surface area contributed by atoms with Crippen molar-refractivity contribution in [1.29, 1.82) is 0 Å². The highest BCUT2D eigenvalue weighted by molar-refractivity contribution is 9.10. The zero-order valence-electron chi connectivity index (χ0n) is 12.1. The second kappa shape index (κ2) is 5.96. The van der Waals surface area contributed by atoms with Crippen LogP contribution in [0.4, 0.5) is 4.39 Å². The predicted octanol–water partition coefficient (Wildman–Crippen LogP) is 4.15. The second-order valence-corrected chi connectivity index (χ2v) is 6.62. The monoisotopic (exact) mass is 381 g/mol. The van der Waals surface area contributed by atoms with E-state index in [4.69, 9.17) is 0 Å².